The van der Waals surface area contributed by atoms with E-state index >= 15 is 0 Å². The van der Waals surface area contributed by atoms with Gasteiger partial charge in [-0.1, -0.05) is 47.5 Å². The fourth-order valence-electron chi connectivity index (χ4n) is 1.65. The third-order valence-electron chi connectivity index (χ3n) is 2.63. The van der Waals surface area contributed by atoms with Crippen LogP contribution in [-0.4, -0.2) is 0 Å². The molecule has 0 radical (unpaired) electrons. The van der Waals surface area contributed by atoms with E-state index in [0.29, 0.717) is 0 Å². The van der Waals surface area contributed by atoms with E-state index in [4.69, 9.17) is 0 Å². The molecule has 0 saturated carbocycles. The molecule has 0 unspecified atom stereocenters. The molecule has 0 fully saturated rings. The van der Waals surface area contributed by atoms with Crippen molar-refractivity contribution in [3.63, 3.8) is 0 Å². The van der Waals surface area contributed by atoms with E-state index in [0.717, 1.165) is 19.3 Å². The lowest BCUT2D eigenvalue weighted by Crippen LogP contribution is -1.87. The van der Waals surface area contributed by atoms with E-state index < -0.39 is 0 Å². The quantitative estimate of drug-likeness (QED) is 0.655. The molecule has 0 aromatic rings. The van der Waals surface area contributed by atoms with Crippen LogP contribution < -0.4 is 0 Å². The normalized spacial score (nSPS) is 18.2. The summed E-state index contributed by atoms with van der Waals surface area (Å²) < 4.78 is 1.31. The third kappa shape index (κ3) is 2.34. The monoisotopic (exact) mass is 240 g/mol. The van der Waals surface area contributed by atoms with Crippen molar-refractivity contribution < 1.29 is 0 Å². The lowest BCUT2D eigenvalue weighted by Gasteiger charge is -2.07. The summed E-state index contributed by atoms with van der Waals surface area (Å²) in [4.78, 5) is 0. The first-order valence-electron chi connectivity index (χ1n) is 4.94. The fourth-order valence-corrected chi connectivity index (χ4v) is 2.34. The minimum atomic E-state index is 1.10. The molecule has 0 bridgehead atoms. The zero-order valence-electron chi connectivity index (χ0n) is 8.65. The maximum absolute atomic E-state index is 3.68. The number of halogens is 1. The lowest BCUT2D eigenvalue weighted by atomic mass is 10.0. The van der Waals surface area contributed by atoms with E-state index in [1.54, 1.807) is 5.57 Å². The Morgan fingerprint density at radius 1 is 1.31 bits per heavy atom. The van der Waals surface area contributed by atoms with Gasteiger partial charge in [0.05, 0.1) is 0 Å². The summed E-state index contributed by atoms with van der Waals surface area (Å²) in [5.41, 5.74) is 4.40. The Labute approximate surface area is 89.5 Å². The second-order valence-electron chi connectivity index (χ2n) is 3.38. The second kappa shape index (κ2) is 4.80. The highest BCUT2D eigenvalue weighted by atomic mass is 79.9. The fraction of sp³-hybridized carbons (Fsp3) is 0.500. The van der Waals surface area contributed by atoms with Crippen LogP contribution in [0.4, 0.5) is 0 Å². The van der Waals surface area contributed by atoms with E-state index in [1.807, 2.05) is 0 Å². The Morgan fingerprint density at radius 3 is 2.54 bits per heavy atom. The van der Waals surface area contributed by atoms with Crippen LogP contribution in [0, 0.1) is 0 Å². The Morgan fingerprint density at radius 2 is 2.00 bits per heavy atom. The molecule has 0 amide bonds. The van der Waals surface area contributed by atoms with E-state index in [-0.39, 0.29) is 0 Å². The van der Waals surface area contributed by atoms with Gasteiger partial charge in [-0.2, -0.15) is 0 Å². The molecule has 13 heavy (non-hydrogen) atoms. The number of hydrogen-bond acceptors (Lipinski definition) is 0. The van der Waals surface area contributed by atoms with Crippen LogP contribution in [0.25, 0.3) is 0 Å². The molecule has 1 rings (SSSR count). The highest BCUT2D eigenvalue weighted by Gasteiger charge is 2.09. The van der Waals surface area contributed by atoms with Gasteiger partial charge in [0.1, 0.15) is 0 Å². The minimum Gasteiger partial charge on any atom is -0.0801 e. The molecule has 0 spiro atoms. The molecule has 0 N–H and O–H groups in total. The van der Waals surface area contributed by atoms with Crippen molar-refractivity contribution >= 4 is 15.9 Å². The van der Waals surface area contributed by atoms with Crippen molar-refractivity contribution in [1.29, 1.82) is 0 Å². The number of rotatable bonds is 2. The summed E-state index contributed by atoms with van der Waals surface area (Å²) in [6.07, 6.45) is 7.89. The standard InChI is InChI=1S/C12H17Br/c1-4-10-7-6-8-11(5-2)12(13)9(10)3/h6,8H,4-5,7H2,1-3H3. The smallest absolute Gasteiger partial charge is 0.0235 e. The third-order valence-corrected chi connectivity index (χ3v) is 3.74. The predicted octanol–water partition coefficient (Wildman–Crippen LogP) is 4.73. The summed E-state index contributed by atoms with van der Waals surface area (Å²) in [7, 11) is 0. The highest BCUT2D eigenvalue weighted by Crippen LogP contribution is 2.31. The molecule has 1 aliphatic rings. The Bertz CT molecular complexity index is 279. The van der Waals surface area contributed by atoms with Gasteiger partial charge in [-0.05, 0) is 37.3 Å². The number of allylic oxidation sites excluding steroid dienone is 6. The van der Waals surface area contributed by atoms with Gasteiger partial charge in [0.2, 0.25) is 0 Å². The minimum absolute atomic E-state index is 1.10. The van der Waals surface area contributed by atoms with Crippen LogP contribution >= 0.6 is 15.9 Å². The molecule has 72 valence electrons. The maximum atomic E-state index is 3.68. The van der Waals surface area contributed by atoms with Gasteiger partial charge in [0, 0.05) is 4.48 Å². The van der Waals surface area contributed by atoms with E-state index in [1.165, 1.54) is 15.6 Å². The van der Waals surface area contributed by atoms with Crippen LogP contribution in [-0.2, 0) is 0 Å². The van der Waals surface area contributed by atoms with Crippen LogP contribution in [0.1, 0.15) is 40.0 Å². The average molecular weight is 241 g/mol. The van der Waals surface area contributed by atoms with Crippen LogP contribution in [0.15, 0.2) is 33.4 Å². The largest absolute Gasteiger partial charge is 0.0801 e. The van der Waals surface area contributed by atoms with Crippen molar-refractivity contribution in [2.75, 3.05) is 0 Å². The molecule has 0 nitrogen and oxygen atoms in total. The first-order valence-corrected chi connectivity index (χ1v) is 5.74. The first kappa shape index (κ1) is 10.8. The first-order chi connectivity index (χ1) is 6.20. The summed E-state index contributed by atoms with van der Waals surface area (Å²) in [6, 6.07) is 0. The van der Waals surface area contributed by atoms with Gasteiger partial charge in [-0.15, -0.1) is 0 Å². The molecule has 1 heteroatoms. The summed E-state index contributed by atoms with van der Waals surface area (Å²) >= 11 is 3.68. The number of hydrogen-bond donors (Lipinski definition) is 0. The van der Waals surface area contributed by atoms with Crippen molar-refractivity contribution in [1.82, 2.24) is 0 Å². The Balaban J connectivity index is 3.12. The summed E-state index contributed by atoms with van der Waals surface area (Å²) in [5, 5.41) is 0. The van der Waals surface area contributed by atoms with E-state index in [2.05, 4.69) is 48.9 Å². The van der Waals surface area contributed by atoms with E-state index in [9.17, 15) is 0 Å². The summed E-state index contributed by atoms with van der Waals surface area (Å²) in [6.45, 7) is 6.64. The van der Waals surface area contributed by atoms with Gasteiger partial charge >= 0.3 is 0 Å². The predicted molar refractivity (Wildman–Crippen MR) is 63.0 cm³/mol. The maximum Gasteiger partial charge on any atom is 0.0235 e. The molecule has 0 saturated heterocycles. The Hall–Kier alpha value is -0.300. The zero-order chi connectivity index (χ0) is 9.84. The molecular formula is C12H17Br. The molecule has 0 atom stereocenters. The second-order valence-corrected chi connectivity index (χ2v) is 4.17. The average Bonchev–Trinajstić information content (AvgIpc) is 2.28. The molecule has 0 aliphatic heterocycles. The molecule has 0 aromatic carbocycles. The van der Waals surface area contributed by atoms with Gasteiger partial charge in [0.15, 0.2) is 0 Å². The van der Waals surface area contributed by atoms with Crippen molar-refractivity contribution in [2.45, 2.75) is 40.0 Å². The van der Waals surface area contributed by atoms with Crippen molar-refractivity contribution in [2.24, 2.45) is 0 Å². The lowest BCUT2D eigenvalue weighted by molar-refractivity contribution is 1.01. The topological polar surface area (TPSA) is 0 Å². The van der Waals surface area contributed by atoms with Crippen LogP contribution in [0.2, 0.25) is 0 Å². The van der Waals surface area contributed by atoms with Gasteiger partial charge in [0.25, 0.3) is 0 Å². The molecule has 0 aromatic heterocycles. The van der Waals surface area contributed by atoms with Crippen LogP contribution in [0.3, 0.4) is 0 Å². The molecule has 1 aliphatic carbocycles. The van der Waals surface area contributed by atoms with Crippen molar-refractivity contribution in [3.8, 4) is 0 Å². The van der Waals surface area contributed by atoms with Gasteiger partial charge < -0.3 is 0 Å². The van der Waals surface area contributed by atoms with Gasteiger partial charge in [-0.25, -0.2) is 0 Å². The van der Waals surface area contributed by atoms with Crippen molar-refractivity contribution in [3.05, 3.63) is 33.4 Å². The molecule has 0 heterocycles. The highest BCUT2D eigenvalue weighted by molar-refractivity contribution is 9.12. The van der Waals surface area contributed by atoms with Gasteiger partial charge in [-0.3, -0.25) is 0 Å². The Kier molecular flexibility index (Phi) is 3.98. The van der Waals surface area contributed by atoms with Crippen LogP contribution in [0.5, 0.6) is 0 Å². The summed E-state index contributed by atoms with van der Waals surface area (Å²) in [5.74, 6) is 0. The molecular weight excluding hydrogens is 224 g/mol. The SMILES string of the molecule is CCC1=C(Br)C(C)=C(CC)CC=C1. The zero-order valence-corrected chi connectivity index (χ0v) is 10.2.